The molecule has 7 heavy (non-hydrogen) atoms. The van der Waals surface area contributed by atoms with Crippen LogP contribution >= 0.6 is 0 Å². The number of hydrogen-bond donors (Lipinski definition) is 1. The molecule has 3 heteroatoms. The summed E-state index contributed by atoms with van der Waals surface area (Å²) in [6.45, 7) is 4.60. The molecule has 0 saturated carbocycles. The van der Waals surface area contributed by atoms with Crippen LogP contribution in [0.1, 0.15) is 6.92 Å². The van der Waals surface area contributed by atoms with Crippen LogP contribution in [0.2, 0.25) is 0 Å². The Labute approximate surface area is 55.9 Å². The van der Waals surface area contributed by atoms with E-state index in [2.05, 4.69) is 6.58 Å². The van der Waals surface area contributed by atoms with Gasteiger partial charge in [-0.3, -0.25) is 0 Å². The molecule has 0 heterocycles. The van der Waals surface area contributed by atoms with Crippen molar-refractivity contribution in [3.8, 4) is 0 Å². The summed E-state index contributed by atoms with van der Waals surface area (Å²) in [4.78, 5) is 9.60. The molecule has 0 unspecified atom stereocenters. The third-order valence-electron chi connectivity index (χ3n) is 0.365. The Morgan fingerprint density at radius 3 is 1.86 bits per heavy atom. The second kappa shape index (κ2) is 4.04. The first-order chi connectivity index (χ1) is 2.64. The minimum Gasteiger partial charge on any atom is -0.478 e. The fraction of sp³-hybridized carbons (Fsp3) is 0.250. The molecule has 44 valence electrons. The van der Waals surface area contributed by atoms with E-state index in [4.69, 9.17) is 5.11 Å². The van der Waals surface area contributed by atoms with E-state index >= 15 is 0 Å². The maximum absolute atomic E-state index is 9.60. The van der Waals surface area contributed by atoms with E-state index in [0.29, 0.717) is 0 Å². The molecule has 0 amide bonds. The van der Waals surface area contributed by atoms with Gasteiger partial charge in [-0.1, -0.05) is 6.58 Å². The van der Waals surface area contributed by atoms with Gasteiger partial charge in [0.25, 0.3) is 0 Å². The van der Waals surface area contributed by atoms with Crippen LogP contribution in [0.15, 0.2) is 12.2 Å². The quantitative estimate of drug-likeness (QED) is 0.489. The molecule has 2 nitrogen and oxygen atoms in total. The molecule has 0 aliphatic carbocycles. The minimum absolute atomic E-state index is 0. The van der Waals surface area contributed by atoms with Gasteiger partial charge in [0.05, 0.1) is 0 Å². The van der Waals surface area contributed by atoms with Crippen molar-refractivity contribution in [2.45, 2.75) is 6.92 Å². The molecule has 1 N–H and O–H groups in total. The van der Waals surface area contributed by atoms with Crippen molar-refractivity contribution >= 4 is 5.97 Å². The summed E-state index contributed by atoms with van der Waals surface area (Å²) in [5, 5.41) is 7.89. The van der Waals surface area contributed by atoms with Crippen LogP contribution in [0.5, 0.6) is 0 Å². The predicted octanol–water partition coefficient (Wildman–Crippen LogP) is 0.645. The van der Waals surface area contributed by atoms with Crippen LogP contribution in [0.4, 0.5) is 0 Å². The largest absolute Gasteiger partial charge is 0.478 e. The zero-order valence-corrected chi connectivity index (χ0v) is 5.43. The van der Waals surface area contributed by atoms with Gasteiger partial charge in [-0.25, -0.2) is 4.79 Å². The van der Waals surface area contributed by atoms with Crippen molar-refractivity contribution in [3.05, 3.63) is 12.2 Å². The third-order valence-corrected chi connectivity index (χ3v) is 0.365. The number of carboxylic acid groups (broad SMARTS) is 1. The average Bonchev–Trinajstić information content (AvgIpc) is 1.36. The van der Waals surface area contributed by atoms with Gasteiger partial charge in [0.2, 0.25) is 0 Å². The van der Waals surface area contributed by atoms with Crippen LogP contribution in [-0.4, -0.2) is 11.1 Å². The number of carboxylic acids is 1. The summed E-state index contributed by atoms with van der Waals surface area (Å²) < 4.78 is 0. The average molecular weight is 193 g/mol. The second-order valence-corrected chi connectivity index (χ2v) is 1.09. The molecule has 0 aromatic rings. The van der Waals surface area contributed by atoms with E-state index in [1.165, 1.54) is 6.92 Å². The summed E-state index contributed by atoms with van der Waals surface area (Å²) in [6, 6.07) is 0. The second-order valence-electron chi connectivity index (χ2n) is 1.09. The predicted molar refractivity (Wildman–Crippen MR) is 22.4 cm³/mol. The summed E-state index contributed by atoms with van der Waals surface area (Å²) in [6.07, 6.45) is 0. The first-order valence-corrected chi connectivity index (χ1v) is 1.53. The van der Waals surface area contributed by atoms with Crippen LogP contribution in [0.25, 0.3) is 0 Å². The molecular weight excluding hydrogens is 186 g/mol. The molecule has 0 fully saturated rings. The van der Waals surface area contributed by atoms with Gasteiger partial charge in [-0.2, -0.15) is 0 Å². The van der Waals surface area contributed by atoms with Crippen LogP contribution in [-0.2, 0) is 25.2 Å². The standard InChI is InChI=1S/C4H6O2.Pd/c1-3(2)4(5)6;/h1H2,2H3,(H,5,6);. The van der Waals surface area contributed by atoms with E-state index < -0.39 is 5.97 Å². The van der Waals surface area contributed by atoms with E-state index in [-0.39, 0.29) is 26.0 Å². The fourth-order valence-corrected chi connectivity index (χ4v) is 0. The Balaban J connectivity index is 0. The maximum atomic E-state index is 9.60. The normalized spacial score (nSPS) is 6.43. The number of rotatable bonds is 1. The van der Waals surface area contributed by atoms with E-state index in [1.807, 2.05) is 0 Å². The smallest absolute Gasteiger partial charge is 0.330 e. The van der Waals surface area contributed by atoms with Crippen LogP contribution < -0.4 is 0 Å². The first kappa shape index (κ1) is 9.98. The van der Waals surface area contributed by atoms with E-state index in [1.54, 1.807) is 0 Å². The van der Waals surface area contributed by atoms with Crippen molar-refractivity contribution < 1.29 is 30.3 Å². The summed E-state index contributed by atoms with van der Waals surface area (Å²) in [7, 11) is 0. The molecular formula is C4H6O2Pd. The monoisotopic (exact) mass is 192 g/mol. The van der Waals surface area contributed by atoms with Gasteiger partial charge in [0, 0.05) is 26.0 Å². The van der Waals surface area contributed by atoms with Gasteiger partial charge < -0.3 is 5.11 Å². The minimum atomic E-state index is -0.935. The van der Waals surface area contributed by atoms with Crippen molar-refractivity contribution in [2.75, 3.05) is 0 Å². The van der Waals surface area contributed by atoms with Gasteiger partial charge in [0.1, 0.15) is 0 Å². The fourth-order valence-electron chi connectivity index (χ4n) is 0. The topological polar surface area (TPSA) is 37.3 Å². The van der Waals surface area contributed by atoms with E-state index in [9.17, 15) is 4.79 Å². The van der Waals surface area contributed by atoms with Gasteiger partial charge in [-0.15, -0.1) is 0 Å². The Morgan fingerprint density at radius 2 is 1.86 bits per heavy atom. The maximum Gasteiger partial charge on any atom is 0.330 e. The number of aliphatic carboxylic acids is 1. The Morgan fingerprint density at radius 1 is 1.71 bits per heavy atom. The third kappa shape index (κ3) is 5.87. The molecule has 0 aliphatic rings. The molecule has 0 aromatic heterocycles. The molecule has 0 rings (SSSR count). The molecule has 0 spiro atoms. The summed E-state index contributed by atoms with van der Waals surface area (Å²) in [5.74, 6) is -0.935. The van der Waals surface area contributed by atoms with Gasteiger partial charge >= 0.3 is 5.97 Å². The first-order valence-electron chi connectivity index (χ1n) is 1.53. The van der Waals surface area contributed by atoms with Gasteiger partial charge in [-0.05, 0) is 6.92 Å². The van der Waals surface area contributed by atoms with Crippen LogP contribution in [0, 0.1) is 0 Å². The SMILES string of the molecule is C=C(C)C(=O)O.[Pd]. The summed E-state index contributed by atoms with van der Waals surface area (Å²) >= 11 is 0. The molecule has 0 atom stereocenters. The summed E-state index contributed by atoms with van der Waals surface area (Å²) in [5.41, 5.74) is 0.176. The Hall–Kier alpha value is -0.128. The molecule has 0 bridgehead atoms. The zero-order valence-electron chi connectivity index (χ0n) is 3.88. The molecule has 0 aromatic carbocycles. The van der Waals surface area contributed by atoms with Crippen molar-refractivity contribution in [1.82, 2.24) is 0 Å². The van der Waals surface area contributed by atoms with Crippen molar-refractivity contribution in [1.29, 1.82) is 0 Å². The Bertz CT molecular complexity index is 75.7. The zero-order chi connectivity index (χ0) is 5.15. The molecule has 0 saturated heterocycles. The molecule has 0 aliphatic heterocycles. The number of hydrogen-bond acceptors (Lipinski definition) is 1. The Kier molecular flexibility index (Phi) is 5.77. The van der Waals surface area contributed by atoms with Crippen molar-refractivity contribution in [2.24, 2.45) is 0 Å². The van der Waals surface area contributed by atoms with Crippen LogP contribution in [0.3, 0.4) is 0 Å². The van der Waals surface area contributed by atoms with E-state index in [0.717, 1.165) is 0 Å². The van der Waals surface area contributed by atoms with Gasteiger partial charge in [0.15, 0.2) is 0 Å². The van der Waals surface area contributed by atoms with Crippen molar-refractivity contribution in [3.63, 3.8) is 0 Å². The molecule has 0 radical (unpaired) electrons. The number of carbonyl (C=O) groups is 1.